The number of amides is 1. The lowest BCUT2D eigenvalue weighted by Gasteiger charge is -2.08. The molecule has 0 aliphatic carbocycles. The van der Waals surface area contributed by atoms with Gasteiger partial charge in [0.15, 0.2) is 0 Å². The zero-order valence-corrected chi connectivity index (χ0v) is 13.3. The Bertz CT molecular complexity index is 831. The fourth-order valence-corrected chi connectivity index (χ4v) is 2.30. The van der Waals surface area contributed by atoms with E-state index in [2.05, 4.69) is 20.5 Å². The molecule has 7 heteroatoms. The van der Waals surface area contributed by atoms with Crippen molar-refractivity contribution in [2.45, 2.75) is 20.3 Å². The lowest BCUT2D eigenvalue weighted by atomic mass is 10.2. The minimum Gasteiger partial charge on any atom is -0.326 e. The molecule has 0 unspecified atom stereocenters. The predicted molar refractivity (Wildman–Crippen MR) is 86.4 cm³/mol. The molecule has 0 fully saturated rings. The van der Waals surface area contributed by atoms with E-state index in [1.807, 2.05) is 42.7 Å². The zero-order chi connectivity index (χ0) is 16.4. The van der Waals surface area contributed by atoms with E-state index < -0.39 is 0 Å². The molecule has 0 saturated heterocycles. The summed E-state index contributed by atoms with van der Waals surface area (Å²) < 4.78 is 2.01. The van der Waals surface area contributed by atoms with Crippen LogP contribution in [0.3, 0.4) is 0 Å². The average molecular weight is 310 g/mol. The van der Waals surface area contributed by atoms with Crippen LogP contribution in [0.1, 0.15) is 17.1 Å². The predicted octanol–water partition coefficient (Wildman–Crippen LogP) is 1.80. The summed E-state index contributed by atoms with van der Waals surface area (Å²) in [5, 5.41) is 10.9. The lowest BCUT2D eigenvalue weighted by molar-refractivity contribution is -0.115. The minimum absolute atomic E-state index is 0.118. The fourth-order valence-electron chi connectivity index (χ4n) is 2.30. The average Bonchev–Trinajstić information content (AvgIpc) is 3.07. The molecule has 0 saturated carbocycles. The summed E-state index contributed by atoms with van der Waals surface area (Å²) in [7, 11) is 1.72. The van der Waals surface area contributed by atoms with Crippen molar-refractivity contribution in [1.29, 1.82) is 0 Å². The molecule has 0 atom stereocenters. The van der Waals surface area contributed by atoms with Gasteiger partial charge in [-0.05, 0) is 38.1 Å². The first-order chi connectivity index (χ1) is 11.0. The Kier molecular flexibility index (Phi) is 3.92. The molecule has 23 heavy (non-hydrogen) atoms. The number of aromatic nitrogens is 5. The van der Waals surface area contributed by atoms with Crippen molar-refractivity contribution in [2.24, 2.45) is 7.05 Å². The molecule has 7 nitrogen and oxygen atoms in total. The SMILES string of the molecule is Cc1ncn(-c2ccc(NC(=O)Cc3cnn(C)n3)cc2)c1C. The second kappa shape index (κ2) is 6.04. The Morgan fingerprint density at radius 3 is 2.52 bits per heavy atom. The number of rotatable bonds is 4. The second-order valence-corrected chi connectivity index (χ2v) is 5.38. The van der Waals surface area contributed by atoms with Gasteiger partial charge in [0.2, 0.25) is 5.91 Å². The number of nitrogens with zero attached hydrogens (tertiary/aromatic N) is 5. The molecule has 1 amide bonds. The van der Waals surface area contributed by atoms with Crippen LogP contribution in [0.4, 0.5) is 5.69 Å². The van der Waals surface area contributed by atoms with Gasteiger partial charge in [-0.1, -0.05) is 0 Å². The number of nitrogens with one attached hydrogen (secondary N) is 1. The van der Waals surface area contributed by atoms with Crippen LogP contribution < -0.4 is 5.32 Å². The van der Waals surface area contributed by atoms with Crippen molar-refractivity contribution in [3.05, 3.63) is 53.9 Å². The summed E-state index contributed by atoms with van der Waals surface area (Å²) in [6.45, 7) is 4.01. The van der Waals surface area contributed by atoms with Gasteiger partial charge in [-0.3, -0.25) is 4.79 Å². The quantitative estimate of drug-likeness (QED) is 0.797. The first-order valence-electron chi connectivity index (χ1n) is 7.29. The van der Waals surface area contributed by atoms with Crippen LogP contribution in [0.2, 0.25) is 0 Å². The van der Waals surface area contributed by atoms with E-state index in [-0.39, 0.29) is 12.3 Å². The van der Waals surface area contributed by atoms with E-state index in [0.717, 1.165) is 22.8 Å². The van der Waals surface area contributed by atoms with E-state index in [9.17, 15) is 4.79 Å². The van der Waals surface area contributed by atoms with Crippen molar-refractivity contribution in [3.8, 4) is 5.69 Å². The van der Waals surface area contributed by atoms with Crippen LogP contribution in [0.15, 0.2) is 36.8 Å². The van der Waals surface area contributed by atoms with Gasteiger partial charge in [0.25, 0.3) is 0 Å². The van der Waals surface area contributed by atoms with Crippen molar-refractivity contribution >= 4 is 11.6 Å². The van der Waals surface area contributed by atoms with Crippen LogP contribution in [0, 0.1) is 13.8 Å². The molecule has 0 aliphatic rings. The van der Waals surface area contributed by atoms with E-state index in [4.69, 9.17) is 0 Å². The molecule has 1 N–H and O–H groups in total. The maximum absolute atomic E-state index is 12.0. The van der Waals surface area contributed by atoms with Gasteiger partial charge in [0.1, 0.15) is 0 Å². The van der Waals surface area contributed by atoms with Crippen LogP contribution in [0.25, 0.3) is 5.69 Å². The molecule has 0 aliphatic heterocycles. The summed E-state index contributed by atoms with van der Waals surface area (Å²) in [6.07, 6.45) is 3.59. The number of aryl methyl sites for hydroxylation is 2. The first-order valence-corrected chi connectivity index (χ1v) is 7.29. The number of hydrogen-bond donors (Lipinski definition) is 1. The molecule has 118 valence electrons. The molecule has 0 radical (unpaired) electrons. The van der Waals surface area contributed by atoms with Gasteiger partial charge >= 0.3 is 0 Å². The number of anilines is 1. The van der Waals surface area contributed by atoms with Gasteiger partial charge < -0.3 is 9.88 Å². The molecule has 1 aromatic carbocycles. The van der Waals surface area contributed by atoms with E-state index >= 15 is 0 Å². The molecule has 2 aromatic heterocycles. The lowest BCUT2D eigenvalue weighted by Crippen LogP contribution is -2.14. The molecule has 3 aromatic rings. The molecule has 0 spiro atoms. The summed E-state index contributed by atoms with van der Waals surface area (Å²) >= 11 is 0. The van der Waals surface area contributed by atoms with Crippen molar-refractivity contribution < 1.29 is 4.79 Å². The number of benzene rings is 1. The number of hydrogen-bond acceptors (Lipinski definition) is 4. The third-order valence-corrected chi connectivity index (χ3v) is 3.67. The van der Waals surface area contributed by atoms with Crippen LogP contribution >= 0.6 is 0 Å². The van der Waals surface area contributed by atoms with Crippen LogP contribution in [0.5, 0.6) is 0 Å². The third-order valence-electron chi connectivity index (χ3n) is 3.67. The molecule has 0 bridgehead atoms. The smallest absolute Gasteiger partial charge is 0.230 e. The summed E-state index contributed by atoms with van der Waals surface area (Å²) in [6, 6.07) is 7.65. The monoisotopic (exact) mass is 310 g/mol. The Morgan fingerprint density at radius 1 is 1.22 bits per heavy atom. The number of carbonyl (C=O) groups is 1. The highest BCUT2D eigenvalue weighted by molar-refractivity contribution is 5.92. The highest BCUT2D eigenvalue weighted by atomic mass is 16.1. The summed E-state index contributed by atoms with van der Waals surface area (Å²) in [5.74, 6) is -0.118. The van der Waals surface area contributed by atoms with E-state index in [0.29, 0.717) is 5.69 Å². The van der Waals surface area contributed by atoms with Gasteiger partial charge in [0, 0.05) is 24.1 Å². The van der Waals surface area contributed by atoms with Crippen molar-refractivity contribution in [1.82, 2.24) is 24.5 Å². The Morgan fingerprint density at radius 2 is 1.96 bits per heavy atom. The number of imidazole rings is 1. The highest BCUT2D eigenvalue weighted by Crippen LogP contribution is 2.16. The van der Waals surface area contributed by atoms with Crippen molar-refractivity contribution in [2.75, 3.05) is 5.32 Å². The highest BCUT2D eigenvalue weighted by Gasteiger charge is 2.08. The van der Waals surface area contributed by atoms with Crippen molar-refractivity contribution in [3.63, 3.8) is 0 Å². The standard InChI is InChI=1S/C16H18N6O/c1-11-12(2)22(10-17-11)15-6-4-13(5-7-15)19-16(23)8-14-9-18-21(3)20-14/h4-7,9-10H,8H2,1-3H3,(H,19,23). The first kappa shape index (κ1) is 15.0. The van der Waals surface area contributed by atoms with Gasteiger partial charge in [-0.2, -0.15) is 15.0 Å². The Labute approximate surface area is 134 Å². The van der Waals surface area contributed by atoms with Crippen LogP contribution in [-0.4, -0.2) is 30.5 Å². The van der Waals surface area contributed by atoms with E-state index in [1.54, 1.807) is 19.6 Å². The maximum atomic E-state index is 12.0. The molecular formula is C16H18N6O. The van der Waals surface area contributed by atoms with Gasteiger partial charge in [0.05, 0.1) is 30.3 Å². The van der Waals surface area contributed by atoms with Gasteiger partial charge in [-0.15, -0.1) is 0 Å². The third kappa shape index (κ3) is 3.28. The Hall–Kier alpha value is -2.96. The maximum Gasteiger partial charge on any atom is 0.230 e. The summed E-state index contributed by atoms with van der Waals surface area (Å²) in [5.41, 5.74) is 4.51. The topological polar surface area (TPSA) is 77.6 Å². The largest absolute Gasteiger partial charge is 0.326 e. The summed E-state index contributed by atoms with van der Waals surface area (Å²) in [4.78, 5) is 17.7. The fraction of sp³-hybridized carbons (Fsp3) is 0.250. The molecule has 3 rings (SSSR count). The minimum atomic E-state index is -0.118. The number of carbonyl (C=O) groups excluding carboxylic acids is 1. The normalized spacial score (nSPS) is 10.7. The zero-order valence-electron chi connectivity index (χ0n) is 13.3. The molecule has 2 heterocycles. The van der Waals surface area contributed by atoms with Gasteiger partial charge in [-0.25, -0.2) is 4.98 Å². The second-order valence-electron chi connectivity index (χ2n) is 5.38. The molecular weight excluding hydrogens is 292 g/mol. The Balaban J connectivity index is 1.67. The van der Waals surface area contributed by atoms with E-state index in [1.165, 1.54) is 4.80 Å². The van der Waals surface area contributed by atoms with Crippen LogP contribution in [-0.2, 0) is 18.3 Å².